The Labute approximate surface area is 89.8 Å². The highest BCUT2D eigenvalue weighted by Gasteiger charge is 2.24. The van der Waals surface area contributed by atoms with Crippen LogP contribution in [0, 0.1) is 6.92 Å². The second-order valence-electron chi connectivity index (χ2n) is 3.96. The Morgan fingerprint density at radius 1 is 1.47 bits per heavy atom. The Hall–Kier alpha value is -0.940. The maximum atomic E-state index is 5.05. The molecule has 1 fully saturated rings. The second kappa shape index (κ2) is 4.72. The average Bonchev–Trinajstić information content (AvgIpc) is 2.47. The summed E-state index contributed by atoms with van der Waals surface area (Å²) in [6.45, 7) is 5.82. The van der Waals surface area contributed by atoms with Gasteiger partial charge < -0.3 is 14.6 Å². The predicted molar refractivity (Wildman–Crippen MR) is 56.9 cm³/mol. The van der Waals surface area contributed by atoms with Crippen molar-refractivity contribution in [1.82, 2.24) is 20.1 Å². The molecule has 0 amide bonds. The lowest BCUT2D eigenvalue weighted by atomic mass is 10.0. The van der Waals surface area contributed by atoms with Gasteiger partial charge in [0, 0.05) is 39.3 Å². The molecule has 84 valence electrons. The lowest BCUT2D eigenvalue weighted by molar-refractivity contribution is 0.189. The summed E-state index contributed by atoms with van der Waals surface area (Å²) < 4.78 is 7.27. The zero-order chi connectivity index (χ0) is 10.7. The van der Waals surface area contributed by atoms with E-state index in [4.69, 9.17) is 4.74 Å². The van der Waals surface area contributed by atoms with Gasteiger partial charge in [0.2, 0.25) is 0 Å². The number of ether oxygens (including phenoxy) is 1. The molecule has 2 rings (SSSR count). The molecule has 0 saturated carbocycles. The van der Waals surface area contributed by atoms with E-state index in [2.05, 4.69) is 20.1 Å². The summed E-state index contributed by atoms with van der Waals surface area (Å²) in [5, 5.41) is 11.6. The molecule has 5 nitrogen and oxygen atoms in total. The minimum Gasteiger partial charge on any atom is -0.385 e. The molecule has 1 aliphatic heterocycles. The summed E-state index contributed by atoms with van der Waals surface area (Å²) in [5.41, 5.74) is 0. The van der Waals surface area contributed by atoms with Gasteiger partial charge in [-0.15, -0.1) is 10.2 Å². The van der Waals surface area contributed by atoms with Crippen molar-refractivity contribution in [2.24, 2.45) is 0 Å². The zero-order valence-electron chi connectivity index (χ0n) is 9.36. The molecule has 0 bridgehead atoms. The summed E-state index contributed by atoms with van der Waals surface area (Å²) in [6, 6.07) is 0. The van der Waals surface area contributed by atoms with Crippen LogP contribution in [0.1, 0.15) is 24.0 Å². The van der Waals surface area contributed by atoms with Crippen molar-refractivity contribution in [2.45, 2.75) is 25.8 Å². The van der Waals surface area contributed by atoms with Crippen LogP contribution < -0.4 is 5.32 Å². The van der Waals surface area contributed by atoms with Gasteiger partial charge in [0.05, 0.1) is 0 Å². The van der Waals surface area contributed by atoms with E-state index in [0.717, 1.165) is 44.3 Å². The third kappa shape index (κ3) is 2.18. The lowest BCUT2D eigenvalue weighted by Gasteiger charge is -2.26. The molecule has 0 atom stereocenters. The first-order valence-corrected chi connectivity index (χ1v) is 5.42. The van der Waals surface area contributed by atoms with Crippen molar-refractivity contribution in [3.05, 3.63) is 11.6 Å². The van der Waals surface area contributed by atoms with Crippen LogP contribution in [-0.4, -0.2) is 41.6 Å². The molecule has 1 aromatic rings. The second-order valence-corrected chi connectivity index (χ2v) is 3.96. The van der Waals surface area contributed by atoms with Crippen molar-refractivity contribution in [3.63, 3.8) is 0 Å². The number of hydrogen-bond donors (Lipinski definition) is 1. The van der Waals surface area contributed by atoms with Crippen LogP contribution in [0.2, 0.25) is 0 Å². The van der Waals surface area contributed by atoms with Gasteiger partial charge in [-0.1, -0.05) is 0 Å². The molecular weight excluding hydrogens is 192 g/mol. The molecule has 0 unspecified atom stereocenters. The standard InChI is InChI=1S/C10H18N4O/c1-8-12-13-10(9-6-11-7-9)14(8)4-3-5-15-2/h9,11H,3-7H2,1-2H3. The van der Waals surface area contributed by atoms with E-state index >= 15 is 0 Å². The third-order valence-electron chi connectivity index (χ3n) is 2.84. The van der Waals surface area contributed by atoms with E-state index in [1.165, 1.54) is 0 Å². The zero-order valence-corrected chi connectivity index (χ0v) is 9.36. The fourth-order valence-electron chi connectivity index (χ4n) is 1.81. The van der Waals surface area contributed by atoms with Crippen molar-refractivity contribution < 1.29 is 4.74 Å². The largest absolute Gasteiger partial charge is 0.385 e. The first kappa shape index (κ1) is 10.6. The number of rotatable bonds is 5. The molecule has 1 aliphatic rings. The molecule has 0 aliphatic carbocycles. The molecule has 0 radical (unpaired) electrons. The molecule has 15 heavy (non-hydrogen) atoms. The van der Waals surface area contributed by atoms with Crippen LogP contribution in [0.5, 0.6) is 0 Å². The van der Waals surface area contributed by atoms with Gasteiger partial charge in [0.15, 0.2) is 0 Å². The number of nitrogens with zero attached hydrogens (tertiary/aromatic N) is 3. The summed E-state index contributed by atoms with van der Waals surface area (Å²) in [6.07, 6.45) is 1.02. The molecule has 1 aromatic heterocycles. The quantitative estimate of drug-likeness (QED) is 0.711. The smallest absolute Gasteiger partial charge is 0.138 e. The van der Waals surface area contributed by atoms with Crippen LogP contribution in [0.4, 0.5) is 0 Å². The minimum atomic E-state index is 0.550. The Morgan fingerprint density at radius 2 is 2.27 bits per heavy atom. The Balaban J connectivity index is 2.02. The SMILES string of the molecule is COCCCn1c(C)nnc1C1CNC1. The minimum absolute atomic E-state index is 0.550. The number of methoxy groups -OCH3 is 1. The highest BCUT2D eigenvalue weighted by molar-refractivity contribution is 5.06. The van der Waals surface area contributed by atoms with Crippen molar-refractivity contribution >= 4 is 0 Å². The molecule has 2 heterocycles. The summed E-state index contributed by atoms with van der Waals surface area (Å²) in [4.78, 5) is 0. The number of aromatic nitrogens is 3. The number of aryl methyl sites for hydroxylation is 1. The van der Waals surface area contributed by atoms with E-state index < -0.39 is 0 Å². The van der Waals surface area contributed by atoms with Crippen LogP contribution in [0.3, 0.4) is 0 Å². The fourth-order valence-corrected chi connectivity index (χ4v) is 1.81. The molecule has 1 N–H and O–H groups in total. The first-order valence-electron chi connectivity index (χ1n) is 5.42. The van der Waals surface area contributed by atoms with Crippen molar-refractivity contribution in [2.75, 3.05) is 26.8 Å². The Bertz CT molecular complexity index is 319. The van der Waals surface area contributed by atoms with Gasteiger partial charge in [0.25, 0.3) is 0 Å². The normalized spacial score (nSPS) is 16.7. The highest BCUT2D eigenvalue weighted by Crippen LogP contribution is 2.18. The summed E-state index contributed by atoms with van der Waals surface area (Å²) in [5.74, 6) is 2.68. The topological polar surface area (TPSA) is 52.0 Å². The summed E-state index contributed by atoms with van der Waals surface area (Å²) >= 11 is 0. The lowest BCUT2D eigenvalue weighted by Crippen LogP contribution is -2.41. The van der Waals surface area contributed by atoms with Crippen LogP contribution in [0.25, 0.3) is 0 Å². The Morgan fingerprint density at radius 3 is 2.87 bits per heavy atom. The van der Waals surface area contributed by atoms with Gasteiger partial charge in [-0.3, -0.25) is 0 Å². The highest BCUT2D eigenvalue weighted by atomic mass is 16.5. The molecule has 5 heteroatoms. The molecule has 1 saturated heterocycles. The Kier molecular flexibility index (Phi) is 3.33. The number of nitrogens with one attached hydrogen (secondary N) is 1. The van der Waals surface area contributed by atoms with Gasteiger partial charge in [0.1, 0.15) is 11.6 Å². The van der Waals surface area contributed by atoms with Crippen molar-refractivity contribution in [3.8, 4) is 0 Å². The van der Waals surface area contributed by atoms with Gasteiger partial charge in [-0.2, -0.15) is 0 Å². The van der Waals surface area contributed by atoms with Gasteiger partial charge in [-0.25, -0.2) is 0 Å². The van der Waals surface area contributed by atoms with Crippen LogP contribution in [0.15, 0.2) is 0 Å². The fraction of sp³-hybridized carbons (Fsp3) is 0.800. The van der Waals surface area contributed by atoms with E-state index in [0.29, 0.717) is 5.92 Å². The van der Waals surface area contributed by atoms with Gasteiger partial charge in [-0.05, 0) is 13.3 Å². The van der Waals surface area contributed by atoms with Gasteiger partial charge >= 0.3 is 0 Å². The molecular formula is C10H18N4O. The third-order valence-corrected chi connectivity index (χ3v) is 2.84. The number of hydrogen-bond acceptors (Lipinski definition) is 4. The van der Waals surface area contributed by atoms with E-state index in [-0.39, 0.29) is 0 Å². The predicted octanol–water partition coefficient (Wildman–Crippen LogP) is 0.310. The maximum Gasteiger partial charge on any atom is 0.138 e. The first-order chi connectivity index (χ1) is 7.33. The average molecular weight is 210 g/mol. The monoisotopic (exact) mass is 210 g/mol. The molecule has 0 spiro atoms. The van der Waals surface area contributed by atoms with E-state index in [1.807, 2.05) is 6.92 Å². The van der Waals surface area contributed by atoms with Crippen LogP contribution in [-0.2, 0) is 11.3 Å². The van der Waals surface area contributed by atoms with Crippen LogP contribution >= 0.6 is 0 Å². The maximum absolute atomic E-state index is 5.05. The summed E-state index contributed by atoms with van der Waals surface area (Å²) in [7, 11) is 1.73. The molecule has 0 aromatic carbocycles. The van der Waals surface area contributed by atoms with E-state index in [1.54, 1.807) is 7.11 Å². The van der Waals surface area contributed by atoms with E-state index in [9.17, 15) is 0 Å². The van der Waals surface area contributed by atoms with Crippen molar-refractivity contribution in [1.29, 1.82) is 0 Å².